The van der Waals surface area contributed by atoms with Gasteiger partial charge in [0.25, 0.3) is 0 Å². The minimum absolute atomic E-state index is 0.115. The van der Waals surface area contributed by atoms with Crippen LogP contribution in [0.1, 0.15) is 96.8 Å². The maximum absolute atomic E-state index is 13.1. The van der Waals surface area contributed by atoms with Crippen molar-refractivity contribution >= 4 is 12.1 Å². The predicted octanol–water partition coefficient (Wildman–Crippen LogP) is 5.65. The van der Waals surface area contributed by atoms with Crippen molar-refractivity contribution in [2.45, 2.75) is 90.9 Å². The van der Waals surface area contributed by atoms with Gasteiger partial charge in [0.15, 0.2) is 0 Å². The second-order valence-corrected chi connectivity index (χ2v) is 12.4. The lowest BCUT2D eigenvalue weighted by Gasteiger charge is -2.55. The van der Waals surface area contributed by atoms with Gasteiger partial charge in [0.2, 0.25) is 5.91 Å². The Morgan fingerprint density at radius 1 is 0.967 bits per heavy atom. The Balaban J connectivity index is 1.55. The third-order valence-electron chi connectivity index (χ3n) is 7.65. The molecule has 0 unspecified atom stereocenters. The number of hydrazone groups is 1. The van der Waals surface area contributed by atoms with Gasteiger partial charge in [-0.15, -0.1) is 0 Å². The number of hydrogen-bond donors (Lipinski definition) is 2. The summed E-state index contributed by atoms with van der Waals surface area (Å²) in [6.45, 7) is 12.6. The predicted molar refractivity (Wildman–Crippen MR) is 122 cm³/mol. The first-order valence-corrected chi connectivity index (χ1v) is 11.6. The fourth-order valence-electron chi connectivity index (χ4n) is 6.55. The van der Waals surface area contributed by atoms with Crippen molar-refractivity contribution in [3.05, 3.63) is 28.8 Å². The minimum Gasteiger partial charge on any atom is -0.507 e. The maximum Gasteiger partial charge on any atom is 0.246 e. The van der Waals surface area contributed by atoms with Crippen LogP contribution in [0.2, 0.25) is 0 Å². The Kier molecular flexibility index (Phi) is 5.06. The van der Waals surface area contributed by atoms with Crippen LogP contribution in [0.15, 0.2) is 17.2 Å². The van der Waals surface area contributed by atoms with Gasteiger partial charge in [0.05, 0.1) is 11.6 Å². The molecule has 0 spiro atoms. The number of phenolic OH excluding ortho intramolecular Hbond substituents is 1. The van der Waals surface area contributed by atoms with Crippen LogP contribution in [0.5, 0.6) is 5.75 Å². The van der Waals surface area contributed by atoms with Gasteiger partial charge < -0.3 is 5.11 Å². The summed E-state index contributed by atoms with van der Waals surface area (Å²) in [4.78, 5) is 13.1. The van der Waals surface area contributed by atoms with E-state index in [1.807, 2.05) is 12.1 Å². The summed E-state index contributed by atoms with van der Waals surface area (Å²) in [5.41, 5.74) is 5.06. The van der Waals surface area contributed by atoms with Crippen molar-refractivity contribution in [2.24, 2.45) is 28.3 Å². The van der Waals surface area contributed by atoms with E-state index < -0.39 is 0 Å². The number of aromatic hydroxyl groups is 1. The van der Waals surface area contributed by atoms with E-state index in [1.54, 1.807) is 6.21 Å². The first-order chi connectivity index (χ1) is 13.9. The lowest BCUT2D eigenvalue weighted by Crippen LogP contribution is -2.52. The molecule has 0 aromatic heterocycles. The number of benzene rings is 1. The van der Waals surface area contributed by atoms with Gasteiger partial charge in [-0.3, -0.25) is 4.79 Å². The normalized spacial score (nSPS) is 30.8. The molecule has 0 saturated heterocycles. The summed E-state index contributed by atoms with van der Waals surface area (Å²) < 4.78 is 0. The molecule has 2 N–H and O–H groups in total. The molecule has 4 aliphatic rings. The van der Waals surface area contributed by atoms with E-state index in [-0.39, 0.29) is 22.2 Å². The Morgan fingerprint density at radius 2 is 1.40 bits per heavy atom. The van der Waals surface area contributed by atoms with E-state index in [1.165, 1.54) is 19.3 Å². The van der Waals surface area contributed by atoms with Gasteiger partial charge in [-0.1, -0.05) is 41.5 Å². The van der Waals surface area contributed by atoms with E-state index in [4.69, 9.17) is 0 Å². The number of carbonyl (C=O) groups is 1. The average molecular weight is 411 g/mol. The highest BCUT2D eigenvalue weighted by Gasteiger charge is 2.54. The first kappa shape index (κ1) is 21.4. The molecule has 0 aliphatic heterocycles. The summed E-state index contributed by atoms with van der Waals surface area (Å²) >= 11 is 0. The molecule has 4 fully saturated rings. The minimum atomic E-state index is -0.186. The topological polar surface area (TPSA) is 61.7 Å². The van der Waals surface area contributed by atoms with Gasteiger partial charge in [-0.05, 0) is 84.8 Å². The molecule has 0 heterocycles. The molecule has 1 aromatic carbocycles. The second-order valence-electron chi connectivity index (χ2n) is 12.4. The van der Waals surface area contributed by atoms with Crippen molar-refractivity contribution < 1.29 is 9.90 Å². The first-order valence-electron chi connectivity index (χ1n) is 11.6. The molecule has 164 valence electrons. The Hall–Kier alpha value is -1.84. The molecule has 1 amide bonds. The zero-order valence-corrected chi connectivity index (χ0v) is 19.5. The number of nitrogens with one attached hydrogen (secondary N) is 1. The van der Waals surface area contributed by atoms with Gasteiger partial charge >= 0.3 is 0 Å². The summed E-state index contributed by atoms with van der Waals surface area (Å²) in [5, 5.41) is 15.2. The molecule has 0 radical (unpaired) electrons. The van der Waals surface area contributed by atoms with E-state index in [2.05, 4.69) is 52.1 Å². The van der Waals surface area contributed by atoms with E-state index in [0.29, 0.717) is 5.75 Å². The molecule has 4 heteroatoms. The lowest BCUT2D eigenvalue weighted by atomic mass is 9.49. The quantitative estimate of drug-likeness (QED) is 0.499. The monoisotopic (exact) mass is 410 g/mol. The highest BCUT2D eigenvalue weighted by atomic mass is 16.3. The molecule has 1 aromatic rings. The zero-order valence-electron chi connectivity index (χ0n) is 19.5. The molecule has 4 nitrogen and oxygen atoms in total. The van der Waals surface area contributed by atoms with Crippen molar-refractivity contribution in [1.29, 1.82) is 0 Å². The van der Waals surface area contributed by atoms with E-state index in [9.17, 15) is 9.90 Å². The second kappa shape index (κ2) is 7.10. The average Bonchev–Trinajstić information content (AvgIpc) is 2.59. The van der Waals surface area contributed by atoms with E-state index in [0.717, 1.165) is 53.7 Å². The zero-order chi connectivity index (χ0) is 21.9. The summed E-state index contributed by atoms with van der Waals surface area (Å²) in [6, 6.07) is 3.98. The fraction of sp³-hybridized carbons (Fsp3) is 0.692. The van der Waals surface area contributed by atoms with Crippen molar-refractivity contribution in [3.63, 3.8) is 0 Å². The highest BCUT2D eigenvalue weighted by Crippen LogP contribution is 2.60. The smallest absolute Gasteiger partial charge is 0.246 e. The molecular formula is C26H38N2O2. The Morgan fingerprint density at radius 3 is 1.80 bits per heavy atom. The summed E-state index contributed by atoms with van der Waals surface area (Å²) in [5.74, 6) is 2.71. The molecule has 30 heavy (non-hydrogen) atoms. The van der Waals surface area contributed by atoms with Crippen LogP contribution in [-0.4, -0.2) is 17.2 Å². The van der Waals surface area contributed by atoms with Crippen LogP contribution >= 0.6 is 0 Å². The Labute approximate surface area is 181 Å². The fourth-order valence-corrected chi connectivity index (χ4v) is 6.55. The van der Waals surface area contributed by atoms with Gasteiger partial charge in [0.1, 0.15) is 5.75 Å². The molecule has 0 atom stereocenters. The molecule has 4 aliphatic carbocycles. The highest BCUT2D eigenvalue weighted by molar-refractivity contribution is 5.86. The number of nitrogens with zero attached hydrogens (tertiary/aromatic N) is 1. The van der Waals surface area contributed by atoms with Crippen LogP contribution in [0.3, 0.4) is 0 Å². The van der Waals surface area contributed by atoms with Crippen molar-refractivity contribution in [1.82, 2.24) is 5.43 Å². The third-order valence-corrected chi connectivity index (χ3v) is 7.65. The standard InChI is InChI=1S/C26H38N2O2/c1-24(2,3)20-10-19(11-21(22(20)29)25(4,5)6)15-27-28-23(30)26-12-16-7-17(13-26)9-18(8-16)14-26/h10-11,15-18,29H,7-9,12-14H2,1-6H3,(H,28,30)/b27-15-. The number of hydrogen-bond acceptors (Lipinski definition) is 3. The van der Waals surface area contributed by atoms with Gasteiger partial charge in [0, 0.05) is 11.1 Å². The van der Waals surface area contributed by atoms with Crippen molar-refractivity contribution in [2.75, 3.05) is 0 Å². The van der Waals surface area contributed by atoms with E-state index >= 15 is 0 Å². The van der Waals surface area contributed by atoms with Gasteiger partial charge in [-0.25, -0.2) is 5.43 Å². The molecular weight excluding hydrogens is 372 g/mol. The van der Waals surface area contributed by atoms with Crippen LogP contribution in [0.4, 0.5) is 0 Å². The lowest BCUT2D eigenvalue weighted by molar-refractivity contribution is -0.146. The number of amides is 1. The summed E-state index contributed by atoms with van der Waals surface area (Å²) in [6.07, 6.45) is 8.85. The largest absolute Gasteiger partial charge is 0.507 e. The maximum atomic E-state index is 13.1. The molecule has 5 rings (SSSR count). The molecule has 4 bridgehead atoms. The number of rotatable bonds is 3. The van der Waals surface area contributed by atoms with Crippen LogP contribution in [0.25, 0.3) is 0 Å². The number of phenols is 1. The van der Waals surface area contributed by atoms with Crippen LogP contribution in [0, 0.1) is 23.2 Å². The van der Waals surface area contributed by atoms with Crippen molar-refractivity contribution in [3.8, 4) is 5.75 Å². The number of carbonyl (C=O) groups excluding carboxylic acids is 1. The van der Waals surface area contributed by atoms with Crippen LogP contribution < -0.4 is 5.43 Å². The molecule has 4 saturated carbocycles. The third kappa shape index (κ3) is 3.90. The van der Waals surface area contributed by atoms with Crippen LogP contribution in [-0.2, 0) is 15.6 Å². The summed E-state index contributed by atoms with van der Waals surface area (Å²) in [7, 11) is 0. The van der Waals surface area contributed by atoms with Gasteiger partial charge in [-0.2, -0.15) is 5.10 Å². The SMILES string of the molecule is CC(C)(C)c1cc(/C=N\NC(=O)C23CC4CC(CC(C4)C2)C3)cc(C(C)(C)C)c1O. The Bertz CT molecular complexity index is 800.